The molecule has 0 radical (unpaired) electrons. The Hall–Kier alpha value is -2.10. The van der Waals surface area contributed by atoms with Crippen LogP contribution in [0.4, 0.5) is 0 Å². The summed E-state index contributed by atoms with van der Waals surface area (Å²) >= 11 is 0. The second-order valence-electron chi connectivity index (χ2n) is 2.71. The van der Waals surface area contributed by atoms with E-state index in [1.807, 2.05) is 36.4 Å². The Labute approximate surface area is 82.8 Å². The molecular weight excluding hydrogens is 174 g/mol. The number of allylic oxidation sites excluding steroid dienone is 2. The zero-order chi connectivity index (χ0) is 10.2. The Morgan fingerprint density at radius 2 is 2.07 bits per heavy atom. The third-order valence-corrected chi connectivity index (χ3v) is 1.69. The maximum Gasteiger partial charge on any atom is 0.139 e. The van der Waals surface area contributed by atoms with Crippen molar-refractivity contribution in [1.29, 1.82) is 5.26 Å². The fourth-order valence-corrected chi connectivity index (χ4v) is 0.987. The Kier molecular flexibility index (Phi) is 3.94. The molecular formula is C12H9NO. The van der Waals surface area contributed by atoms with E-state index in [1.54, 1.807) is 18.1 Å². The van der Waals surface area contributed by atoms with Gasteiger partial charge in [-0.15, -0.1) is 0 Å². The minimum absolute atomic E-state index is 0.122. The molecule has 1 aromatic carbocycles. The van der Waals surface area contributed by atoms with Crippen molar-refractivity contribution in [3.63, 3.8) is 0 Å². The molecule has 1 rings (SSSR count). The van der Waals surface area contributed by atoms with Gasteiger partial charge in [0.25, 0.3) is 0 Å². The molecule has 68 valence electrons. The molecule has 0 aliphatic heterocycles. The molecule has 14 heavy (non-hydrogen) atoms. The third kappa shape index (κ3) is 3.10. The van der Waals surface area contributed by atoms with Crippen molar-refractivity contribution in [3.8, 4) is 6.07 Å². The maximum absolute atomic E-state index is 10.2. The molecule has 0 spiro atoms. The lowest BCUT2D eigenvalue weighted by Crippen LogP contribution is -1.76. The third-order valence-electron chi connectivity index (χ3n) is 1.69. The van der Waals surface area contributed by atoms with Gasteiger partial charge in [0.05, 0.1) is 0 Å². The average Bonchev–Trinajstić information content (AvgIpc) is 2.26. The Bertz CT molecular complexity index is 406. The summed E-state index contributed by atoms with van der Waals surface area (Å²) in [5.41, 5.74) is 1.17. The number of hydrogen-bond acceptors (Lipinski definition) is 2. The van der Waals surface area contributed by atoms with Gasteiger partial charge in [-0.25, -0.2) is 4.79 Å². The van der Waals surface area contributed by atoms with E-state index >= 15 is 0 Å². The first kappa shape index (κ1) is 9.98. The average molecular weight is 183 g/mol. The van der Waals surface area contributed by atoms with Crippen LogP contribution in [0.5, 0.6) is 0 Å². The zero-order valence-corrected chi connectivity index (χ0v) is 7.60. The molecule has 2 nitrogen and oxygen atoms in total. The van der Waals surface area contributed by atoms with Gasteiger partial charge in [0.15, 0.2) is 0 Å². The minimum Gasteiger partial charge on any atom is -0.232 e. The maximum atomic E-state index is 10.2. The van der Waals surface area contributed by atoms with Crippen molar-refractivity contribution >= 4 is 12.0 Å². The molecule has 0 atom stereocenters. The molecule has 1 aromatic rings. The van der Waals surface area contributed by atoms with E-state index in [0.717, 1.165) is 5.56 Å². The lowest BCUT2D eigenvalue weighted by Gasteiger charge is -1.89. The van der Waals surface area contributed by atoms with E-state index < -0.39 is 0 Å². The fraction of sp³-hybridized carbons (Fsp3) is 0.0833. The quantitative estimate of drug-likeness (QED) is 0.533. The van der Waals surface area contributed by atoms with Crippen LogP contribution in [0.25, 0.3) is 6.08 Å². The van der Waals surface area contributed by atoms with Crippen molar-refractivity contribution in [3.05, 3.63) is 47.5 Å². The topological polar surface area (TPSA) is 40.9 Å². The smallest absolute Gasteiger partial charge is 0.139 e. The van der Waals surface area contributed by atoms with Gasteiger partial charge in [-0.2, -0.15) is 5.26 Å². The fourth-order valence-electron chi connectivity index (χ4n) is 0.987. The van der Waals surface area contributed by atoms with E-state index in [1.165, 1.54) is 0 Å². The van der Waals surface area contributed by atoms with E-state index in [2.05, 4.69) is 0 Å². The first-order valence-corrected chi connectivity index (χ1v) is 4.22. The van der Waals surface area contributed by atoms with Crippen LogP contribution >= 0.6 is 0 Å². The summed E-state index contributed by atoms with van der Waals surface area (Å²) in [7, 11) is 0. The van der Waals surface area contributed by atoms with E-state index in [-0.39, 0.29) is 5.57 Å². The number of carbonyl (C=O) groups excluding carboxylic acids is 1. The molecule has 0 aromatic heterocycles. The molecule has 0 N–H and O–H groups in total. The summed E-state index contributed by atoms with van der Waals surface area (Å²) in [5, 5.41) is 8.44. The Balaban J connectivity index is 2.59. The lowest BCUT2D eigenvalue weighted by atomic mass is 10.1. The molecule has 0 aliphatic rings. The van der Waals surface area contributed by atoms with Gasteiger partial charge < -0.3 is 0 Å². The monoisotopic (exact) mass is 183 g/mol. The second kappa shape index (κ2) is 5.53. The van der Waals surface area contributed by atoms with Crippen LogP contribution in [0.3, 0.4) is 0 Å². The predicted octanol–water partition coefficient (Wildman–Crippen LogP) is 2.37. The second-order valence-corrected chi connectivity index (χ2v) is 2.71. The van der Waals surface area contributed by atoms with Crippen molar-refractivity contribution in [2.75, 3.05) is 0 Å². The molecule has 0 fully saturated rings. The zero-order valence-electron chi connectivity index (χ0n) is 7.60. The highest BCUT2D eigenvalue weighted by atomic mass is 16.1. The van der Waals surface area contributed by atoms with Gasteiger partial charge in [0.2, 0.25) is 0 Å². The summed E-state index contributed by atoms with van der Waals surface area (Å²) in [5.74, 6) is 1.59. The van der Waals surface area contributed by atoms with Gasteiger partial charge in [-0.05, 0) is 5.56 Å². The molecule has 0 unspecified atom stereocenters. The molecule has 0 aliphatic carbocycles. The molecule has 2 heteroatoms. The molecule has 0 bridgehead atoms. The highest BCUT2D eigenvalue weighted by Gasteiger charge is 1.90. The Morgan fingerprint density at radius 1 is 1.36 bits per heavy atom. The normalized spacial score (nSPS) is 9.36. The van der Waals surface area contributed by atoms with Crippen LogP contribution in [0.15, 0.2) is 42.0 Å². The van der Waals surface area contributed by atoms with Gasteiger partial charge in [-0.1, -0.05) is 42.5 Å². The summed E-state index contributed by atoms with van der Waals surface area (Å²) in [6, 6.07) is 11.5. The highest BCUT2D eigenvalue weighted by molar-refractivity contribution is 5.60. The largest absolute Gasteiger partial charge is 0.232 e. The number of benzene rings is 1. The van der Waals surface area contributed by atoms with Gasteiger partial charge in [0, 0.05) is 6.42 Å². The number of hydrogen-bond donors (Lipinski definition) is 0. The van der Waals surface area contributed by atoms with Crippen molar-refractivity contribution < 1.29 is 4.79 Å². The summed E-state index contributed by atoms with van der Waals surface area (Å²) in [4.78, 5) is 10.2. The number of nitrogens with zero attached hydrogens (tertiary/aromatic N) is 1. The van der Waals surface area contributed by atoms with Crippen LogP contribution in [-0.4, -0.2) is 5.94 Å². The van der Waals surface area contributed by atoms with Crippen LogP contribution in [0.2, 0.25) is 0 Å². The van der Waals surface area contributed by atoms with E-state index in [4.69, 9.17) is 5.26 Å². The van der Waals surface area contributed by atoms with Crippen LogP contribution in [0.1, 0.15) is 12.0 Å². The lowest BCUT2D eigenvalue weighted by molar-refractivity contribution is 0.567. The molecule has 0 amide bonds. The van der Waals surface area contributed by atoms with E-state index in [0.29, 0.717) is 6.42 Å². The minimum atomic E-state index is 0.122. The molecule has 0 heterocycles. The number of rotatable bonds is 3. The van der Waals surface area contributed by atoms with Gasteiger partial charge in [-0.3, -0.25) is 0 Å². The first-order valence-electron chi connectivity index (χ1n) is 4.22. The summed E-state index contributed by atoms with van der Waals surface area (Å²) in [6.45, 7) is 0. The molecule has 0 saturated heterocycles. The SMILES string of the molecule is N#CC(=C=O)C/C=C/c1ccccc1. The van der Waals surface area contributed by atoms with Gasteiger partial charge >= 0.3 is 0 Å². The number of nitriles is 1. The van der Waals surface area contributed by atoms with Crippen LogP contribution in [-0.2, 0) is 4.79 Å². The molecule has 0 saturated carbocycles. The van der Waals surface area contributed by atoms with Crippen LogP contribution in [0, 0.1) is 11.3 Å². The summed E-state index contributed by atoms with van der Waals surface area (Å²) in [6.07, 6.45) is 3.99. The van der Waals surface area contributed by atoms with Crippen LogP contribution < -0.4 is 0 Å². The van der Waals surface area contributed by atoms with Crippen molar-refractivity contribution in [1.82, 2.24) is 0 Å². The van der Waals surface area contributed by atoms with Gasteiger partial charge in [0.1, 0.15) is 17.6 Å². The highest BCUT2D eigenvalue weighted by Crippen LogP contribution is 2.03. The van der Waals surface area contributed by atoms with Crippen molar-refractivity contribution in [2.24, 2.45) is 0 Å². The summed E-state index contributed by atoms with van der Waals surface area (Å²) < 4.78 is 0. The van der Waals surface area contributed by atoms with Crippen molar-refractivity contribution in [2.45, 2.75) is 6.42 Å². The Morgan fingerprint density at radius 3 is 2.64 bits per heavy atom. The standard InChI is InChI=1S/C12H9NO/c13-9-12(10-14)8-4-7-11-5-2-1-3-6-11/h1-7H,8H2/b7-4+. The van der Waals surface area contributed by atoms with E-state index in [9.17, 15) is 4.79 Å². The first-order chi connectivity index (χ1) is 6.86. The predicted molar refractivity (Wildman–Crippen MR) is 54.9 cm³/mol.